The van der Waals surface area contributed by atoms with Crippen LogP contribution in [0.2, 0.25) is 0 Å². The maximum atomic E-state index is 12.4. The molecule has 1 saturated heterocycles. The third-order valence-electron chi connectivity index (χ3n) is 5.39. The number of carbonyl (C=O) groups is 2. The van der Waals surface area contributed by atoms with Crippen molar-refractivity contribution in [3.05, 3.63) is 24.4 Å². The lowest BCUT2D eigenvalue weighted by molar-refractivity contribution is -0.124. The largest absolute Gasteiger partial charge is 0.354 e. The SMILES string of the molecule is C[C@@H](C(=O)NC(=O)NC1CCCCC1)N1CCN(c2ccccn2)CC1. The van der Waals surface area contributed by atoms with Crippen LogP contribution in [0.4, 0.5) is 10.6 Å². The fourth-order valence-corrected chi connectivity index (χ4v) is 3.73. The first-order valence-corrected chi connectivity index (χ1v) is 9.65. The summed E-state index contributed by atoms with van der Waals surface area (Å²) in [6.07, 6.45) is 7.34. The Morgan fingerprint density at radius 3 is 2.50 bits per heavy atom. The molecule has 142 valence electrons. The molecule has 0 bridgehead atoms. The lowest BCUT2D eigenvalue weighted by Crippen LogP contribution is -2.56. The predicted octanol–water partition coefficient (Wildman–Crippen LogP) is 1.75. The Balaban J connectivity index is 1.43. The second-order valence-corrected chi connectivity index (χ2v) is 7.18. The Labute approximate surface area is 155 Å². The number of rotatable bonds is 4. The molecule has 7 nitrogen and oxygen atoms in total. The van der Waals surface area contributed by atoms with E-state index >= 15 is 0 Å². The Morgan fingerprint density at radius 1 is 1.12 bits per heavy atom. The minimum Gasteiger partial charge on any atom is -0.354 e. The summed E-state index contributed by atoms with van der Waals surface area (Å²) in [6, 6.07) is 5.41. The normalized spacial score (nSPS) is 20.4. The average molecular weight is 359 g/mol. The van der Waals surface area contributed by atoms with Gasteiger partial charge in [-0.2, -0.15) is 0 Å². The third kappa shape index (κ3) is 4.94. The molecular formula is C19H29N5O2. The maximum Gasteiger partial charge on any atom is 0.321 e. The molecule has 1 aliphatic carbocycles. The van der Waals surface area contributed by atoms with Crippen molar-refractivity contribution in [1.29, 1.82) is 0 Å². The molecule has 3 amide bonds. The third-order valence-corrected chi connectivity index (χ3v) is 5.39. The highest BCUT2D eigenvalue weighted by Crippen LogP contribution is 2.17. The number of nitrogens with zero attached hydrogens (tertiary/aromatic N) is 3. The van der Waals surface area contributed by atoms with Crippen molar-refractivity contribution in [1.82, 2.24) is 20.5 Å². The van der Waals surface area contributed by atoms with Crippen molar-refractivity contribution in [2.45, 2.75) is 51.1 Å². The molecule has 0 unspecified atom stereocenters. The van der Waals surface area contributed by atoms with Gasteiger partial charge in [0.05, 0.1) is 6.04 Å². The van der Waals surface area contributed by atoms with Gasteiger partial charge in [0.15, 0.2) is 0 Å². The molecule has 7 heteroatoms. The van der Waals surface area contributed by atoms with E-state index in [1.54, 1.807) is 6.20 Å². The average Bonchev–Trinajstić information content (AvgIpc) is 2.69. The van der Waals surface area contributed by atoms with E-state index in [0.717, 1.165) is 57.7 Å². The van der Waals surface area contributed by atoms with E-state index in [4.69, 9.17) is 0 Å². The van der Waals surface area contributed by atoms with Gasteiger partial charge in [0, 0.05) is 38.4 Å². The van der Waals surface area contributed by atoms with Gasteiger partial charge in [-0.1, -0.05) is 25.3 Å². The Bertz CT molecular complexity index is 595. The van der Waals surface area contributed by atoms with Gasteiger partial charge in [-0.3, -0.25) is 15.0 Å². The van der Waals surface area contributed by atoms with Crippen LogP contribution < -0.4 is 15.5 Å². The van der Waals surface area contributed by atoms with Crippen LogP contribution in [0.25, 0.3) is 0 Å². The van der Waals surface area contributed by atoms with Gasteiger partial charge in [-0.25, -0.2) is 9.78 Å². The Hall–Kier alpha value is -2.15. The summed E-state index contributed by atoms with van der Waals surface area (Å²) in [5, 5.41) is 5.44. The van der Waals surface area contributed by atoms with E-state index in [9.17, 15) is 9.59 Å². The van der Waals surface area contributed by atoms with E-state index < -0.39 is 0 Å². The summed E-state index contributed by atoms with van der Waals surface area (Å²) in [5.74, 6) is 0.737. The highest BCUT2D eigenvalue weighted by Gasteiger charge is 2.27. The van der Waals surface area contributed by atoms with Crippen LogP contribution in [-0.2, 0) is 4.79 Å². The van der Waals surface area contributed by atoms with Crippen molar-refractivity contribution in [3.63, 3.8) is 0 Å². The zero-order valence-electron chi connectivity index (χ0n) is 15.5. The summed E-state index contributed by atoms with van der Waals surface area (Å²) in [7, 11) is 0. The topological polar surface area (TPSA) is 77.6 Å². The van der Waals surface area contributed by atoms with Gasteiger partial charge < -0.3 is 10.2 Å². The minimum absolute atomic E-state index is 0.203. The number of hydrogen-bond acceptors (Lipinski definition) is 5. The number of anilines is 1. The first-order chi connectivity index (χ1) is 12.6. The molecule has 3 rings (SSSR count). The number of piperazine rings is 1. The summed E-state index contributed by atoms with van der Waals surface area (Å²) in [4.78, 5) is 33.2. The molecule has 1 aromatic heterocycles. The molecule has 0 radical (unpaired) electrons. The van der Waals surface area contributed by atoms with E-state index in [-0.39, 0.29) is 24.0 Å². The van der Waals surface area contributed by atoms with Crippen LogP contribution in [0.5, 0.6) is 0 Å². The highest BCUT2D eigenvalue weighted by molar-refractivity contribution is 5.96. The molecule has 1 atom stereocenters. The van der Waals surface area contributed by atoms with E-state index in [0.29, 0.717) is 0 Å². The van der Waals surface area contributed by atoms with Crippen molar-refractivity contribution < 1.29 is 9.59 Å². The van der Waals surface area contributed by atoms with E-state index in [2.05, 4.69) is 25.4 Å². The molecule has 0 aromatic carbocycles. The van der Waals surface area contributed by atoms with Gasteiger partial charge in [-0.05, 0) is 31.9 Å². The Kier molecular flexibility index (Phi) is 6.44. The van der Waals surface area contributed by atoms with Crippen LogP contribution in [0, 0.1) is 0 Å². The number of nitrogens with one attached hydrogen (secondary N) is 2. The molecule has 1 saturated carbocycles. The Morgan fingerprint density at radius 2 is 1.85 bits per heavy atom. The number of urea groups is 1. The molecular weight excluding hydrogens is 330 g/mol. The van der Waals surface area contributed by atoms with Crippen LogP contribution in [0.1, 0.15) is 39.0 Å². The monoisotopic (exact) mass is 359 g/mol. The van der Waals surface area contributed by atoms with Crippen LogP contribution in [0.3, 0.4) is 0 Å². The fourth-order valence-electron chi connectivity index (χ4n) is 3.73. The number of pyridine rings is 1. The van der Waals surface area contributed by atoms with Gasteiger partial charge >= 0.3 is 6.03 Å². The number of amides is 3. The standard InChI is InChI=1S/C19H29N5O2/c1-15(18(25)22-19(26)21-16-7-3-2-4-8-16)23-11-13-24(14-12-23)17-9-5-6-10-20-17/h5-6,9-10,15-16H,2-4,7-8,11-14H2,1H3,(H2,21,22,25,26)/t15-/m0/s1. The molecule has 26 heavy (non-hydrogen) atoms. The highest BCUT2D eigenvalue weighted by atomic mass is 16.2. The number of carbonyl (C=O) groups excluding carboxylic acids is 2. The predicted molar refractivity (Wildman–Crippen MR) is 101 cm³/mol. The summed E-state index contributed by atoms with van der Waals surface area (Å²) in [5.41, 5.74) is 0. The molecule has 1 aromatic rings. The minimum atomic E-state index is -0.360. The first kappa shape index (κ1) is 18.6. The van der Waals surface area contributed by atoms with Gasteiger partial charge in [-0.15, -0.1) is 0 Å². The lowest BCUT2D eigenvalue weighted by atomic mass is 9.96. The van der Waals surface area contributed by atoms with Gasteiger partial charge in [0.1, 0.15) is 5.82 Å². The summed E-state index contributed by atoms with van der Waals surface area (Å²) in [6.45, 7) is 5.05. The first-order valence-electron chi connectivity index (χ1n) is 9.65. The summed E-state index contributed by atoms with van der Waals surface area (Å²) < 4.78 is 0. The molecule has 0 spiro atoms. The zero-order chi connectivity index (χ0) is 18.4. The van der Waals surface area contributed by atoms with Crippen molar-refractivity contribution in [2.24, 2.45) is 0 Å². The molecule has 1 aliphatic heterocycles. The quantitative estimate of drug-likeness (QED) is 0.856. The lowest BCUT2D eigenvalue weighted by Gasteiger charge is -2.37. The van der Waals surface area contributed by atoms with Crippen molar-refractivity contribution in [3.8, 4) is 0 Å². The molecule has 2 heterocycles. The number of imide groups is 1. The van der Waals surface area contributed by atoms with Gasteiger partial charge in [0.2, 0.25) is 5.91 Å². The van der Waals surface area contributed by atoms with E-state index in [1.807, 2.05) is 25.1 Å². The summed E-state index contributed by atoms with van der Waals surface area (Å²) >= 11 is 0. The van der Waals surface area contributed by atoms with E-state index in [1.165, 1.54) is 6.42 Å². The van der Waals surface area contributed by atoms with Crippen LogP contribution in [0.15, 0.2) is 24.4 Å². The molecule has 2 fully saturated rings. The second kappa shape index (κ2) is 8.98. The second-order valence-electron chi connectivity index (χ2n) is 7.18. The van der Waals surface area contributed by atoms with Gasteiger partial charge in [0.25, 0.3) is 0 Å². The maximum absolute atomic E-state index is 12.4. The fraction of sp³-hybridized carbons (Fsp3) is 0.632. The van der Waals surface area contributed by atoms with Crippen LogP contribution in [-0.4, -0.2) is 60.1 Å². The molecule has 2 aliphatic rings. The smallest absolute Gasteiger partial charge is 0.321 e. The van der Waals surface area contributed by atoms with Crippen molar-refractivity contribution >= 4 is 17.8 Å². The van der Waals surface area contributed by atoms with Crippen molar-refractivity contribution in [2.75, 3.05) is 31.1 Å². The molecule has 2 N–H and O–H groups in total. The zero-order valence-corrected chi connectivity index (χ0v) is 15.5. The number of aromatic nitrogens is 1. The van der Waals surface area contributed by atoms with Crippen LogP contribution >= 0.6 is 0 Å². The number of hydrogen-bond donors (Lipinski definition) is 2.